The van der Waals surface area contributed by atoms with E-state index in [1.54, 1.807) is 7.11 Å². The maximum atomic E-state index is 6.23. The molecule has 4 heteroatoms. The Morgan fingerprint density at radius 1 is 1.20 bits per heavy atom. The van der Waals surface area contributed by atoms with Gasteiger partial charge in [-0.15, -0.1) is 0 Å². The first kappa shape index (κ1) is 13.3. The molecule has 0 saturated heterocycles. The zero-order valence-electron chi connectivity index (χ0n) is 11.3. The van der Waals surface area contributed by atoms with Crippen LogP contribution in [-0.4, -0.2) is 18.1 Å². The first-order valence-corrected chi connectivity index (χ1v) is 7.15. The highest BCUT2D eigenvalue weighted by Crippen LogP contribution is 2.41. The van der Waals surface area contributed by atoms with Gasteiger partial charge in [-0.1, -0.05) is 29.8 Å². The highest BCUT2D eigenvalue weighted by Gasteiger charge is 2.31. The third-order valence-electron chi connectivity index (χ3n) is 3.80. The van der Waals surface area contributed by atoms with E-state index < -0.39 is 0 Å². The average Bonchev–Trinajstić information content (AvgIpc) is 2.44. The second-order valence-electron chi connectivity index (χ2n) is 5.12. The number of pyridine rings is 1. The summed E-state index contributed by atoms with van der Waals surface area (Å²) in [5.41, 5.74) is 2.30. The third-order valence-corrected chi connectivity index (χ3v) is 4.14. The standard InChI is InChI=1S/C16H17ClN2O/c1-20-16-7-6-12(10-18-16)19-13-8-11(9-13)14-4-2-3-5-15(14)17/h2-7,10-11,13,19H,8-9H2,1H3. The van der Waals surface area contributed by atoms with Crippen molar-refractivity contribution in [2.75, 3.05) is 12.4 Å². The molecule has 0 amide bonds. The zero-order valence-corrected chi connectivity index (χ0v) is 12.1. The Hall–Kier alpha value is -1.74. The molecule has 0 unspecified atom stereocenters. The zero-order chi connectivity index (χ0) is 13.9. The van der Waals surface area contributed by atoms with Crippen LogP contribution in [0.15, 0.2) is 42.6 Å². The van der Waals surface area contributed by atoms with Crippen LogP contribution in [-0.2, 0) is 0 Å². The van der Waals surface area contributed by atoms with Gasteiger partial charge in [-0.25, -0.2) is 4.98 Å². The van der Waals surface area contributed by atoms with E-state index in [0.29, 0.717) is 17.8 Å². The molecule has 0 spiro atoms. The van der Waals surface area contributed by atoms with Gasteiger partial charge in [0.05, 0.1) is 19.0 Å². The number of aromatic nitrogens is 1. The van der Waals surface area contributed by atoms with E-state index in [0.717, 1.165) is 23.6 Å². The van der Waals surface area contributed by atoms with Crippen LogP contribution in [0.3, 0.4) is 0 Å². The van der Waals surface area contributed by atoms with Crippen molar-refractivity contribution in [1.29, 1.82) is 0 Å². The third kappa shape index (κ3) is 2.73. The lowest BCUT2D eigenvalue weighted by molar-refractivity contribution is 0.373. The van der Waals surface area contributed by atoms with Crippen LogP contribution in [0.5, 0.6) is 5.88 Å². The summed E-state index contributed by atoms with van der Waals surface area (Å²) >= 11 is 6.23. The normalized spacial score (nSPS) is 21.1. The monoisotopic (exact) mass is 288 g/mol. The highest BCUT2D eigenvalue weighted by molar-refractivity contribution is 6.31. The van der Waals surface area contributed by atoms with Crippen molar-refractivity contribution in [2.45, 2.75) is 24.8 Å². The fourth-order valence-corrected chi connectivity index (χ4v) is 2.91. The molecule has 1 aliphatic carbocycles. The minimum absolute atomic E-state index is 0.492. The first-order chi connectivity index (χ1) is 9.76. The number of benzene rings is 1. The highest BCUT2D eigenvalue weighted by atomic mass is 35.5. The maximum absolute atomic E-state index is 6.23. The van der Waals surface area contributed by atoms with Gasteiger partial charge in [0, 0.05) is 17.1 Å². The quantitative estimate of drug-likeness (QED) is 0.919. The lowest BCUT2D eigenvalue weighted by Gasteiger charge is -2.37. The van der Waals surface area contributed by atoms with Gasteiger partial charge in [0.25, 0.3) is 0 Å². The Balaban J connectivity index is 1.56. The molecule has 2 aromatic rings. The fraction of sp³-hybridized carbons (Fsp3) is 0.312. The molecule has 3 rings (SSSR count). The van der Waals surface area contributed by atoms with Crippen molar-refractivity contribution in [3.63, 3.8) is 0 Å². The summed E-state index contributed by atoms with van der Waals surface area (Å²) in [5.74, 6) is 1.20. The van der Waals surface area contributed by atoms with Crippen LogP contribution in [0, 0.1) is 0 Å². The first-order valence-electron chi connectivity index (χ1n) is 6.77. The SMILES string of the molecule is COc1ccc(NC2CC(c3ccccc3Cl)C2)cn1. The molecule has 0 bridgehead atoms. The van der Waals surface area contributed by atoms with Gasteiger partial charge < -0.3 is 10.1 Å². The lowest BCUT2D eigenvalue weighted by Crippen LogP contribution is -2.34. The molecule has 0 radical (unpaired) electrons. The Morgan fingerprint density at radius 2 is 2.00 bits per heavy atom. The fourth-order valence-electron chi connectivity index (χ4n) is 2.62. The summed E-state index contributed by atoms with van der Waals surface area (Å²) in [7, 11) is 1.62. The van der Waals surface area contributed by atoms with Crippen LogP contribution in [0.4, 0.5) is 5.69 Å². The van der Waals surface area contributed by atoms with Crippen LogP contribution >= 0.6 is 11.6 Å². The van der Waals surface area contributed by atoms with Crippen molar-refractivity contribution in [1.82, 2.24) is 4.98 Å². The van der Waals surface area contributed by atoms with Crippen molar-refractivity contribution < 1.29 is 4.74 Å². The summed E-state index contributed by atoms with van der Waals surface area (Å²) in [4.78, 5) is 4.19. The Labute approximate surface area is 123 Å². The Morgan fingerprint density at radius 3 is 2.65 bits per heavy atom. The predicted octanol–water partition coefficient (Wildman–Crippen LogP) is 4.10. The van der Waals surface area contributed by atoms with Crippen molar-refractivity contribution in [2.24, 2.45) is 0 Å². The second-order valence-corrected chi connectivity index (χ2v) is 5.53. The number of halogens is 1. The average molecular weight is 289 g/mol. The smallest absolute Gasteiger partial charge is 0.213 e. The second kappa shape index (κ2) is 5.71. The van der Waals surface area contributed by atoms with Gasteiger partial charge in [0.15, 0.2) is 0 Å². The largest absolute Gasteiger partial charge is 0.481 e. The van der Waals surface area contributed by atoms with Crippen LogP contribution in [0.2, 0.25) is 5.02 Å². The van der Waals surface area contributed by atoms with Gasteiger partial charge in [0.2, 0.25) is 5.88 Å². The van der Waals surface area contributed by atoms with E-state index in [1.807, 2.05) is 30.5 Å². The van der Waals surface area contributed by atoms with Crippen LogP contribution < -0.4 is 10.1 Å². The topological polar surface area (TPSA) is 34.1 Å². The number of ether oxygens (including phenoxy) is 1. The number of nitrogens with zero attached hydrogens (tertiary/aromatic N) is 1. The predicted molar refractivity (Wildman–Crippen MR) is 81.6 cm³/mol. The Bertz CT molecular complexity index is 579. The molecular weight excluding hydrogens is 272 g/mol. The molecule has 1 fully saturated rings. The molecule has 1 N–H and O–H groups in total. The minimum atomic E-state index is 0.492. The molecule has 1 heterocycles. The van der Waals surface area contributed by atoms with E-state index in [2.05, 4.69) is 22.4 Å². The minimum Gasteiger partial charge on any atom is -0.481 e. The van der Waals surface area contributed by atoms with Gasteiger partial charge in [-0.3, -0.25) is 0 Å². The molecule has 1 saturated carbocycles. The molecule has 104 valence electrons. The van der Waals surface area contributed by atoms with Crippen molar-refractivity contribution in [3.05, 3.63) is 53.2 Å². The van der Waals surface area contributed by atoms with Crippen molar-refractivity contribution >= 4 is 17.3 Å². The molecule has 3 nitrogen and oxygen atoms in total. The molecule has 1 aromatic carbocycles. The number of hydrogen-bond acceptors (Lipinski definition) is 3. The van der Waals surface area contributed by atoms with E-state index in [1.165, 1.54) is 5.56 Å². The van der Waals surface area contributed by atoms with Gasteiger partial charge in [-0.2, -0.15) is 0 Å². The molecule has 0 atom stereocenters. The van der Waals surface area contributed by atoms with E-state index >= 15 is 0 Å². The van der Waals surface area contributed by atoms with Crippen LogP contribution in [0.1, 0.15) is 24.3 Å². The molecule has 0 aliphatic heterocycles. The molecular formula is C16H17ClN2O. The van der Waals surface area contributed by atoms with Gasteiger partial charge in [-0.05, 0) is 36.5 Å². The number of hydrogen-bond donors (Lipinski definition) is 1. The summed E-state index contributed by atoms with van der Waals surface area (Å²) in [6.45, 7) is 0. The van der Waals surface area contributed by atoms with Crippen LogP contribution in [0.25, 0.3) is 0 Å². The summed E-state index contributed by atoms with van der Waals surface area (Å²) in [6, 6.07) is 12.5. The van der Waals surface area contributed by atoms with Gasteiger partial charge >= 0.3 is 0 Å². The summed E-state index contributed by atoms with van der Waals surface area (Å²) in [5, 5.41) is 4.36. The van der Waals surface area contributed by atoms with E-state index in [-0.39, 0.29) is 0 Å². The number of rotatable bonds is 4. The number of anilines is 1. The maximum Gasteiger partial charge on any atom is 0.213 e. The van der Waals surface area contributed by atoms with E-state index in [9.17, 15) is 0 Å². The molecule has 20 heavy (non-hydrogen) atoms. The van der Waals surface area contributed by atoms with Crippen molar-refractivity contribution in [3.8, 4) is 5.88 Å². The Kier molecular flexibility index (Phi) is 3.79. The van der Waals surface area contributed by atoms with Gasteiger partial charge in [0.1, 0.15) is 0 Å². The lowest BCUT2D eigenvalue weighted by atomic mass is 9.76. The summed E-state index contributed by atoms with van der Waals surface area (Å²) < 4.78 is 5.05. The van der Waals surface area contributed by atoms with E-state index in [4.69, 9.17) is 16.3 Å². The summed E-state index contributed by atoms with van der Waals surface area (Å²) in [6.07, 6.45) is 4.02. The molecule has 1 aliphatic rings. The number of methoxy groups -OCH3 is 1. The molecule has 1 aromatic heterocycles. The number of nitrogens with one attached hydrogen (secondary N) is 1.